The predicted octanol–water partition coefficient (Wildman–Crippen LogP) is 17.5. The van der Waals surface area contributed by atoms with Gasteiger partial charge in [0.2, 0.25) is 0 Å². The molecule has 63 heavy (non-hydrogen) atoms. The van der Waals surface area contributed by atoms with Gasteiger partial charge in [0.15, 0.2) is 0 Å². The quantitative estimate of drug-likeness (QED) is 0.131. The van der Waals surface area contributed by atoms with E-state index in [1.165, 1.54) is 77.2 Å². The molecule has 0 radical (unpaired) electrons. The highest BCUT2D eigenvalue weighted by Gasteiger charge is 2.25. The third-order valence-electron chi connectivity index (χ3n) is 12.2. The first-order valence-electron chi connectivity index (χ1n) is 21.7. The molecule has 0 fully saturated rings. The molecular formula is C62H43N. The highest BCUT2D eigenvalue weighted by atomic mass is 15.1. The number of anilines is 3. The Balaban J connectivity index is 1.30. The number of hydrogen-bond donors (Lipinski definition) is 0. The lowest BCUT2D eigenvalue weighted by atomic mass is 9.84. The van der Waals surface area contributed by atoms with Crippen molar-refractivity contribution in [3.8, 4) is 66.8 Å². The Morgan fingerprint density at radius 2 is 0.651 bits per heavy atom. The van der Waals surface area contributed by atoms with Gasteiger partial charge in [0.25, 0.3) is 0 Å². The van der Waals surface area contributed by atoms with Gasteiger partial charge in [-0.2, -0.15) is 0 Å². The molecule has 1 nitrogen and oxygen atoms in total. The van der Waals surface area contributed by atoms with Crippen molar-refractivity contribution in [1.82, 2.24) is 0 Å². The Kier molecular flexibility index (Phi) is 9.97. The Bertz CT molecular complexity index is 3290. The first-order chi connectivity index (χ1) is 31.3. The number of hydrogen-bond acceptors (Lipinski definition) is 1. The van der Waals surface area contributed by atoms with Gasteiger partial charge in [-0.1, -0.05) is 224 Å². The summed E-state index contributed by atoms with van der Waals surface area (Å²) in [6, 6.07) is 94.9. The summed E-state index contributed by atoms with van der Waals surface area (Å²) >= 11 is 0. The fraction of sp³-hybridized carbons (Fsp3) is 0. The van der Waals surface area contributed by atoms with E-state index in [0.717, 1.165) is 28.2 Å². The van der Waals surface area contributed by atoms with Gasteiger partial charge in [0, 0.05) is 22.3 Å². The molecule has 11 aromatic carbocycles. The summed E-state index contributed by atoms with van der Waals surface area (Å²) in [6.45, 7) is 0. The minimum Gasteiger partial charge on any atom is -0.310 e. The van der Waals surface area contributed by atoms with Crippen LogP contribution in [-0.4, -0.2) is 0 Å². The van der Waals surface area contributed by atoms with Crippen LogP contribution in [0.4, 0.5) is 17.1 Å². The van der Waals surface area contributed by atoms with Crippen LogP contribution in [-0.2, 0) is 0 Å². The molecule has 0 heterocycles. The van der Waals surface area contributed by atoms with Crippen molar-refractivity contribution in [1.29, 1.82) is 0 Å². The van der Waals surface area contributed by atoms with Crippen LogP contribution < -0.4 is 4.90 Å². The zero-order valence-corrected chi connectivity index (χ0v) is 34.8. The van der Waals surface area contributed by atoms with Crippen molar-refractivity contribution >= 4 is 38.6 Å². The van der Waals surface area contributed by atoms with E-state index < -0.39 is 0 Å². The molecule has 0 aliphatic heterocycles. The van der Waals surface area contributed by atoms with Crippen LogP contribution in [0.1, 0.15) is 0 Å². The van der Waals surface area contributed by atoms with E-state index in [0.29, 0.717) is 0 Å². The van der Waals surface area contributed by atoms with E-state index in [4.69, 9.17) is 0 Å². The van der Waals surface area contributed by atoms with Gasteiger partial charge in [-0.3, -0.25) is 0 Å². The van der Waals surface area contributed by atoms with E-state index in [1.54, 1.807) is 0 Å². The molecule has 0 bridgehead atoms. The SMILES string of the molecule is c1ccc(-c2cc(-c3ccccc3)cc(N(c3ccc(-c4ccccc4)c(-c4ccccc4)c3)c3cccc4c3c(-c3ccccc3)c(-c3ccccc3)c3ccccc34)c2)cc1. The molecule has 0 atom stereocenters. The molecule has 0 unspecified atom stereocenters. The Morgan fingerprint density at radius 3 is 1.19 bits per heavy atom. The lowest BCUT2D eigenvalue weighted by Crippen LogP contribution is -2.12. The summed E-state index contributed by atoms with van der Waals surface area (Å²) in [4.78, 5) is 2.51. The summed E-state index contributed by atoms with van der Waals surface area (Å²) in [6.07, 6.45) is 0. The summed E-state index contributed by atoms with van der Waals surface area (Å²) < 4.78 is 0. The van der Waals surface area contributed by atoms with Gasteiger partial charge < -0.3 is 4.90 Å². The summed E-state index contributed by atoms with van der Waals surface area (Å²) in [5.41, 5.74) is 17.4. The van der Waals surface area contributed by atoms with E-state index in [2.05, 4.69) is 266 Å². The van der Waals surface area contributed by atoms with E-state index >= 15 is 0 Å². The van der Waals surface area contributed by atoms with Gasteiger partial charge in [0.05, 0.1) is 5.69 Å². The van der Waals surface area contributed by atoms with Gasteiger partial charge >= 0.3 is 0 Å². The van der Waals surface area contributed by atoms with Crippen LogP contribution in [0.25, 0.3) is 88.3 Å². The van der Waals surface area contributed by atoms with Crippen molar-refractivity contribution in [3.05, 3.63) is 261 Å². The molecule has 296 valence electrons. The van der Waals surface area contributed by atoms with Crippen LogP contribution in [0, 0.1) is 0 Å². The molecule has 0 saturated carbocycles. The lowest BCUT2D eigenvalue weighted by molar-refractivity contribution is 1.30. The second-order valence-corrected chi connectivity index (χ2v) is 16.0. The molecule has 11 aromatic rings. The first kappa shape index (κ1) is 37.7. The Hall–Kier alpha value is -8.26. The van der Waals surface area contributed by atoms with Crippen molar-refractivity contribution < 1.29 is 0 Å². The second-order valence-electron chi connectivity index (χ2n) is 16.0. The van der Waals surface area contributed by atoms with Crippen molar-refractivity contribution in [2.24, 2.45) is 0 Å². The van der Waals surface area contributed by atoms with Gasteiger partial charge in [-0.15, -0.1) is 0 Å². The van der Waals surface area contributed by atoms with Crippen LogP contribution >= 0.6 is 0 Å². The van der Waals surface area contributed by atoms with Crippen molar-refractivity contribution in [2.75, 3.05) is 4.90 Å². The number of benzene rings is 11. The molecule has 0 aliphatic carbocycles. The zero-order valence-electron chi connectivity index (χ0n) is 34.8. The molecule has 0 aromatic heterocycles. The second kappa shape index (κ2) is 16.7. The predicted molar refractivity (Wildman–Crippen MR) is 269 cm³/mol. The van der Waals surface area contributed by atoms with Crippen LogP contribution in [0.15, 0.2) is 261 Å². The largest absolute Gasteiger partial charge is 0.310 e. The maximum absolute atomic E-state index is 2.51. The van der Waals surface area contributed by atoms with Gasteiger partial charge in [0.1, 0.15) is 0 Å². The Morgan fingerprint density at radius 1 is 0.222 bits per heavy atom. The zero-order chi connectivity index (χ0) is 42.0. The summed E-state index contributed by atoms with van der Waals surface area (Å²) in [7, 11) is 0. The highest BCUT2D eigenvalue weighted by Crippen LogP contribution is 2.51. The topological polar surface area (TPSA) is 3.24 Å². The third kappa shape index (κ3) is 7.16. The number of fused-ring (bicyclic) bond motifs is 3. The monoisotopic (exact) mass is 801 g/mol. The number of rotatable bonds is 9. The minimum atomic E-state index is 1.07. The van der Waals surface area contributed by atoms with Gasteiger partial charge in [-0.25, -0.2) is 0 Å². The molecule has 1 heteroatoms. The molecule has 0 N–H and O–H groups in total. The van der Waals surface area contributed by atoms with E-state index in [9.17, 15) is 0 Å². The fourth-order valence-corrected chi connectivity index (χ4v) is 9.37. The average Bonchev–Trinajstić information content (AvgIpc) is 3.37. The standard InChI is InChI=1S/C62H43N/c1-7-22-44(23-8-1)50-40-51(45-24-9-2-10-25-45)42-53(41-50)63(52-38-39-54(46-26-11-3-12-27-46)58(43-52)47-28-13-4-14-29-47)59-37-21-36-57-55-34-19-20-35-56(55)60(48-30-15-5-16-31-48)61(62(57)59)49-32-17-6-18-33-49/h1-43H. The summed E-state index contributed by atoms with van der Waals surface area (Å²) in [5.74, 6) is 0. The van der Waals surface area contributed by atoms with E-state index in [-0.39, 0.29) is 0 Å². The number of nitrogens with zero attached hydrogens (tertiary/aromatic N) is 1. The van der Waals surface area contributed by atoms with Crippen molar-refractivity contribution in [2.45, 2.75) is 0 Å². The average molecular weight is 802 g/mol. The smallest absolute Gasteiger partial charge is 0.0546 e. The first-order valence-corrected chi connectivity index (χ1v) is 21.7. The normalized spacial score (nSPS) is 11.2. The summed E-state index contributed by atoms with van der Waals surface area (Å²) in [5, 5.41) is 4.86. The van der Waals surface area contributed by atoms with E-state index in [1.807, 2.05) is 0 Å². The molecule has 0 amide bonds. The minimum absolute atomic E-state index is 1.07. The van der Waals surface area contributed by atoms with Crippen molar-refractivity contribution in [3.63, 3.8) is 0 Å². The highest BCUT2D eigenvalue weighted by molar-refractivity contribution is 6.25. The fourth-order valence-electron chi connectivity index (χ4n) is 9.37. The van der Waals surface area contributed by atoms with Crippen LogP contribution in [0.3, 0.4) is 0 Å². The lowest BCUT2D eigenvalue weighted by Gasteiger charge is -2.31. The Labute approximate surface area is 369 Å². The molecule has 0 aliphatic rings. The van der Waals surface area contributed by atoms with Crippen LogP contribution in [0.5, 0.6) is 0 Å². The molecular weight excluding hydrogens is 759 g/mol. The van der Waals surface area contributed by atoms with Gasteiger partial charge in [-0.05, 0) is 114 Å². The maximum Gasteiger partial charge on any atom is 0.0546 e. The van der Waals surface area contributed by atoms with Crippen LogP contribution in [0.2, 0.25) is 0 Å². The third-order valence-corrected chi connectivity index (χ3v) is 12.2. The molecule has 0 saturated heterocycles. The maximum atomic E-state index is 2.51. The molecule has 11 rings (SSSR count). The molecule has 0 spiro atoms.